The molecule has 0 aliphatic heterocycles. The van der Waals surface area contributed by atoms with Gasteiger partial charge in [-0.3, -0.25) is 9.59 Å². The quantitative estimate of drug-likeness (QED) is 0.683. The van der Waals surface area contributed by atoms with Gasteiger partial charge in [0.25, 0.3) is 0 Å². The van der Waals surface area contributed by atoms with E-state index in [4.69, 9.17) is 16.6 Å². The summed E-state index contributed by atoms with van der Waals surface area (Å²) in [5, 5.41) is 8.60. The van der Waals surface area contributed by atoms with Crippen LogP contribution in [0.2, 0.25) is 0 Å². The van der Waals surface area contributed by atoms with Crippen molar-refractivity contribution in [2.24, 2.45) is 17.4 Å². The van der Waals surface area contributed by atoms with E-state index in [0.717, 1.165) is 4.48 Å². The van der Waals surface area contributed by atoms with Gasteiger partial charge < -0.3 is 16.6 Å². The minimum absolute atomic E-state index is 0.210. The molecule has 5 N–H and O–H groups in total. The molecule has 0 radical (unpaired) electrons. The topological polar surface area (TPSA) is 106 Å². The SMILES string of the molecule is NC1C=CC(Br)=CC1C(=O)C[C@H](N)C(=O)O. The summed E-state index contributed by atoms with van der Waals surface area (Å²) >= 11 is 3.24. The fourth-order valence-corrected chi connectivity index (χ4v) is 1.85. The lowest BCUT2D eigenvalue weighted by molar-refractivity contribution is -0.140. The predicted octanol–water partition coefficient (Wildman–Crippen LogP) is 0.150. The highest BCUT2D eigenvalue weighted by Crippen LogP contribution is 2.22. The van der Waals surface area contributed by atoms with E-state index in [-0.39, 0.29) is 12.2 Å². The fourth-order valence-electron chi connectivity index (χ4n) is 1.41. The minimum atomic E-state index is -1.18. The summed E-state index contributed by atoms with van der Waals surface area (Å²) in [6.45, 7) is 0. The fraction of sp³-hybridized carbons (Fsp3) is 0.400. The van der Waals surface area contributed by atoms with Gasteiger partial charge in [0.15, 0.2) is 0 Å². The van der Waals surface area contributed by atoms with Crippen LogP contribution >= 0.6 is 15.9 Å². The highest BCUT2D eigenvalue weighted by molar-refractivity contribution is 9.11. The maximum Gasteiger partial charge on any atom is 0.320 e. The van der Waals surface area contributed by atoms with Crippen molar-refractivity contribution < 1.29 is 14.7 Å². The van der Waals surface area contributed by atoms with E-state index in [2.05, 4.69) is 15.9 Å². The smallest absolute Gasteiger partial charge is 0.320 e. The van der Waals surface area contributed by atoms with E-state index in [0.29, 0.717) is 0 Å². The second-order valence-electron chi connectivity index (χ2n) is 3.63. The molecule has 0 aromatic rings. The molecule has 1 aliphatic carbocycles. The molecule has 6 heteroatoms. The Bertz CT molecular complexity index is 365. The van der Waals surface area contributed by atoms with E-state index in [1.807, 2.05) is 0 Å². The van der Waals surface area contributed by atoms with Gasteiger partial charge in [-0.05, 0) is 0 Å². The van der Waals surface area contributed by atoms with Crippen molar-refractivity contribution in [1.82, 2.24) is 0 Å². The second kappa shape index (κ2) is 5.38. The maximum atomic E-state index is 11.7. The van der Waals surface area contributed by atoms with Gasteiger partial charge in [0.2, 0.25) is 0 Å². The number of hydrogen-bond donors (Lipinski definition) is 3. The number of carbonyl (C=O) groups excluding carboxylic acids is 1. The number of aliphatic carboxylic acids is 1. The Morgan fingerprint density at radius 1 is 1.56 bits per heavy atom. The molecule has 0 aromatic heterocycles. The zero-order chi connectivity index (χ0) is 12.3. The predicted molar refractivity (Wildman–Crippen MR) is 62.9 cm³/mol. The summed E-state index contributed by atoms with van der Waals surface area (Å²) in [5.74, 6) is -1.95. The Hall–Kier alpha value is -0.980. The highest BCUT2D eigenvalue weighted by Gasteiger charge is 2.27. The van der Waals surface area contributed by atoms with Gasteiger partial charge in [-0.2, -0.15) is 0 Å². The first-order valence-corrected chi connectivity index (χ1v) is 5.53. The molecule has 0 spiro atoms. The molecule has 3 atom stereocenters. The number of carboxylic acids is 1. The number of hydrogen-bond acceptors (Lipinski definition) is 4. The number of ketones is 1. The lowest BCUT2D eigenvalue weighted by atomic mass is 9.89. The van der Waals surface area contributed by atoms with Crippen LogP contribution < -0.4 is 11.5 Å². The molecule has 0 aromatic carbocycles. The van der Waals surface area contributed by atoms with Crippen molar-refractivity contribution in [2.75, 3.05) is 0 Å². The molecule has 88 valence electrons. The van der Waals surface area contributed by atoms with Gasteiger partial charge in [0.1, 0.15) is 11.8 Å². The van der Waals surface area contributed by atoms with Gasteiger partial charge >= 0.3 is 5.97 Å². The number of rotatable bonds is 4. The maximum absolute atomic E-state index is 11.7. The summed E-state index contributed by atoms with van der Waals surface area (Å²) < 4.78 is 0.761. The molecule has 0 fully saturated rings. The third kappa shape index (κ3) is 3.26. The van der Waals surface area contributed by atoms with E-state index >= 15 is 0 Å². The Morgan fingerprint density at radius 3 is 2.75 bits per heavy atom. The van der Waals surface area contributed by atoms with Crippen LogP contribution in [0, 0.1) is 5.92 Å². The summed E-state index contributed by atoms with van der Waals surface area (Å²) in [5.41, 5.74) is 11.0. The summed E-state index contributed by atoms with van der Waals surface area (Å²) in [7, 11) is 0. The van der Waals surface area contributed by atoms with Crippen molar-refractivity contribution in [2.45, 2.75) is 18.5 Å². The van der Waals surface area contributed by atoms with Crippen LogP contribution in [0.15, 0.2) is 22.7 Å². The molecular weight excluding hydrogens is 276 g/mol. The number of carbonyl (C=O) groups is 2. The highest BCUT2D eigenvalue weighted by atomic mass is 79.9. The van der Waals surface area contributed by atoms with E-state index < -0.39 is 24.0 Å². The molecule has 0 amide bonds. The average Bonchev–Trinajstić information content (AvgIpc) is 2.21. The lowest BCUT2D eigenvalue weighted by Gasteiger charge is -2.21. The standard InChI is InChI=1S/C10H13BrN2O3/c11-5-1-2-7(12)6(3-5)9(14)4-8(13)10(15)16/h1-3,6-8H,4,12-13H2,(H,15,16)/t6?,7?,8-/m0/s1. The molecule has 1 aliphatic rings. The van der Waals surface area contributed by atoms with Crippen LogP contribution in [0.5, 0.6) is 0 Å². The number of carboxylic acid groups (broad SMARTS) is 1. The average molecular weight is 289 g/mol. The number of nitrogens with two attached hydrogens (primary N) is 2. The molecule has 16 heavy (non-hydrogen) atoms. The Labute approximate surface area is 101 Å². The second-order valence-corrected chi connectivity index (χ2v) is 4.54. The van der Waals surface area contributed by atoms with Gasteiger partial charge in [0, 0.05) is 16.9 Å². The molecule has 5 nitrogen and oxygen atoms in total. The van der Waals surface area contributed by atoms with E-state index in [9.17, 15) is 9.59 Å². The summed E-state index contributed by atoms with van der Waals surface area (Å²) in [6, 6.07) is -1.59. The Kier molecular flexibility index (Phi) is 4.40. The molecule has 1 rings (SSSR count). The zero-order valence-corrected chi connectivity index (χ0v) is 10.1. The third-order valence-electron chi connectivity index (χ3n) is 2.34. The van der Waals surface area contributed by atoms with Crippen molar-refractivity contribution >= 4 is 27.7 Å². The first-order chi connectivity index (χ1) is 7.41. The zero-order valence-electron chi connectivity index (χ0n) is 8.47. The van der Waals surface area contributed by atoms with Gasteiger partial charge in [-0.15, -0.1) is 0 Å². The lowest BCUT2D eigenvalue weighted by Crippen LogP contribution is -2.39. The monoisotopic (exact) mass is 288 g/mol. The van der Waals surface area contributed by atoms with Crippen LogP contribution in [0.4, 0.5) is 0 Å². The van der Waals surface area contributed by atoms with Crippen LogP contribution in [0.3, 0.4) is 0 Å². The summed E-state index contributed by atoms with van der Waals surface area (Å²) in [4.78, 5) is 22.3. The Balaban J connectivity index is 2.67. The van der Waals surface area contributed by atoms with E-state index in [1.54, 1.807) is 18.2 Å². The summed E-state index contributed by atoms with van der Waals surface area (Å²) in [6.07, 6.45) is 4.91. The largest absolute Gasteiger partial charge is 0.480 e. The molecular formula is C10H13BrN2O3. The van der Waals surface area contributed by atoms with Gasteiger partial charge in [0.05, 0.1) is 5.92 Å². The third-order valence-corrected chi connectivity index (χ3v) is 2.87. The minimum Gasteiger partial charge on any atom is -0.480 e. The Morgan fingerprint density at radius 2 is 2.19 bits per heavy atom. The van der Waals surface area contributed by atoms with Crippen molar-refractivity contribution in [3.63, 3.8) is 0 Å². The molecule has 0 saturated heterocycles. The van der Waals surface area contributed by atoms with Crippen LogP contribution in [-0.4, -0.2) is 28.9 Å². The first kappa shape index (κ1) is 13.1. The number of allylic oxidation sites excluding steroid dienone is 2. The van der Waals surface area contributed by atoms with Gasteiger partial charge in [-0.1, -0.05) is 34.2 Å². The van der Waals surface area contributed by atoms with Gasteiger partial charge in [-0.25, -0.2) is 0 Å². The van der Waals surface area contributed by atoms with Crippen molar-refractivity contribution in [3.8, 4) is 0 Å². The van der Waals surface area contributed by atoms with Crippen molar-refractivity contribution in [3.05, 3.63) is 22.7 Å². The number of Topliss-reactive ketones (excluding diaryl/α,β-unsaturated/α-hetero) is 1. The van der Waals surface area contributed by atoms with Crippen LogP contribution in [0.25, 0.3) is 0 Å². The normalized spacial score (nSPS) is 26.1. The van der Waals surface area contributed by atoms with Crippen LogP contribution in [0.1, 0.15) is 6.42 Å². The molecule has 0 saturated carbocycles. The van der Waals surface area contributed by atoms with E-state index in [1.165, 1.54) is 0 Å². The molecule has 2 unspecified atom stereocenters. The first-order valence-electron chi connectivity index (χ1n) is 4.74. The van der Waals surface area contributed by atoms with Crippen molar-refractivity contribution in [1.29, 1.82) is 0 Å². The number of halogens is 1. The molecule has 0 bridgehead atoms. The molecule has 0 heterocycles. The van der Waals surface area contributed by atoms with Crippen LogP contribution in [-0.2, 0) is 9.59 Å².